The Hall–Kier alpha value is -3.81. The number of aromatic nitrogens is 2. The first-order valence-corrected chi connectivity index (χ1v) is 9.34. The van der Waals surface area contributed by atoms with Crippen LogP contribution in [0.25, 0.3) is 11.3 Å². The van der Waals surface area contributed by atoms with Gasteiger partial charge in [-0.3, -0.25) is 4.79 Å². The number of hydrogen-bond donors (Lipinski definition) is 2. The van der Waals surface area contributed by atoms with Crippen molar-refractivity contribution in [1.29, 1.82) is 0 Å². The molecule has 1 aromatic heterocycles. The number of nitrogens with zero attached hydrogens (tertiary/aromatic N) is 2. The van der Waals surface area contributed by atoms with Crippen molar-refractivity contribution in [2.45, 2.75) is 13.8 Å². The van der Waals surface area contributed by atoms with Gasteiger partial charge in [0.2, 0.25) is 0 Å². The highest BCUT2D eigenvalue weighted by atomic mass is 19.1. The Morgan fingerprint density at radius 2 is 1.90 bits per heavy atom. The van der Waals surface area contributed by atoms with Crippen molar-refractivity contribution in [2.24, 2.45) is 11.0 Å². The number of ether oxygens (including phenoxy) is 1. The van der Waals surface area contributed by atoms with E-state index in [1.807, 2.05) is 24.3 Å². The molecule has 3 aromatic rings. The summed E-state index contributed by atoms with van der Waals surface area (Å²) in [5.41, 5.74) is 3.19. The number of halogens is 1. The quantitative estimate of drug-likeness (QED) is 0.463. The van der Waals surface area contributed by atoms with E-state index >= 15 is 0 Å². The topological polar surface area (TPSA) is 96.4 Å². The van der Waals surface area contributed by atoms with E-state index in [1.165, 1.54) is 36.5 Å². The van der Waals surface area contributed by atoms with Gasteiger partial charge in [0, 0.05) is 5.56 Å². The maximum atomic E-state index is 13.1. The maximum Gasteiger partial charge on any atom is 0.346 e. The van der Waals surface area contributed by atoms with Crippen molar-refractivity contribution in [2.75, 3.05) is 6.61 Å². The fourth-order valence-corrected chi connectivity index (χ4v) is 2.49. The predicted octanol–water partition coefficient (Wildman–Crippen LogP) is 3.37. The van der Waals surface area contributed by atoms with Crippen LogP contribution in [0, 0.1) is 11.7 Å². The van der Waals surface area contributed by atoms with Crippen LogP contribution in [0.4, 0.5) is 4.39 Å². The molecule has 3 rings (SSSR count). The molecule has 0 spiro atoms. The van der Waals surface area contributed by atoms with Gasteiger partial charge in [-0.15, -0.1) is 0 Å². The number of benzene rings is 2. The normalized spacial score (nSPS) is 11.1. The van der Waals surface area contributed by atoms with Crippen LogP contribution >= 0.6 is 0 Å². The predicted molar refractivity (Wildman–Crippen MR) is 112 cm³/mol. The minimum Gasteiger partial charge on any atom is -0.493 e. The molecule has 0 radical (unpaired) electrons. The van der Waals surface area contributed by atoms with Crippen molar-refractivity contribution in [1.82, 2.24) is 15.4 Å². The molecule has 2 N–H and O–H groups in total. The van der Waals surface area contributed by atoms with Crippen molar-refractivity contribution in [3.05, 3.63) is 82.2 Å². The monoisotopic (exact) mass is 408 g/mol. The van der Waals surface area contributed by atoms with Crippen LogP contribution in [0.3, 0.4) is 0 Å². The Morgan fingerprint density at radius 3 is 2.57 bits per heavy atom. The van der Waals surface area contributed by atoms with Gasteiger partial charge in [-0.25, -0.2) is 14.6 Å². The molecular weight excluding hydrogens is 387 g/mol. The van der Waals surface area contributed by atoms with Gasteiger partial charge in [0.25, 0.3) is 5.91 Å². The van der Waals surface area contributed by atoms with Gasteiger partial charge >= 0.3 is 5.69 Å². The zero-order valence-electron chi connectivity index (χ0n) is 16.6. The molecule has 0 aliphatic rings. The molecule has 0 saturated carbocycles. The summed E-state index contributed by atoms with van der Waals surface area (Å²) in [7, 11) is 0. The second kappa shape index (κ2) is 9.60. The molecule has 0 aliphatic heterocycles. The second-order valence-corrected chi connectivity index (χ2v) is 6.97. The van der Waals surface area contributed by atoms with Crippen molar-refractivity contribution in [3.8, 4) is 17.0 Å². The minimum absolute atomic E-state index is 0.0103. The average molecular weight is 408 g/mol. The van der Waals surface area contributed by atoms with E-state index in [0.29, 0.717) is 18.1 Å². The highest BCUT2D eigenvalue weighted by Gasteiger charge is 2.10. The maximum absolute atomic E-state index is 13.1. The van der Waals surface area contributed by atoms with E-state index in [4.69, 9.17) is 4.74 Å². The van der Waals surface area contributed by atoms with Crippen molar-refractivity contribution >= 4 is 12.1 Å². The molecule has 1 amide bonds. The fraction of sp³-hybridized carbons (Fsp3) is 0.182. The van der Waals surface area contributed by atoms with Gasteiger partial charge < -0.3 is 9.72 Å². The number of aromatic amines is 1. The van der Waals surface area contributed by atoms with E-state index in [1.54, 1.807) is 0 Å². The smallest absolute Gasteiger partial charge is 0.346 e. The first-order valence-electron chi connectivity index (χ1n) is 9.34. The van der Waals surface area contributed by atoms with Crippen LogP contribution in [0.1, 0.15) is 29.9 Å². The van der Waals surface area contributed by atoms with Crippen LogP contribution in [0.2, 0.25) is 0 Å². The van der Waals surface area contributed by atoms with Gasteiger partial charge in [-0.05, 0) is 66.1 Å². The summed E-state index contributed by atoms with van der Waals surface area (Å²) in [6, 6.07) is 14.1. The van der Waals surface area contributed by atoms with Gasteiger partial charge in [0.15, 0.2) is 0 Å². The van der Waals surface area contributed by atoms with Crippen molar-refractivity contribution < 1.29 is 13.9 Å². The lowest BCUT2D eigenvalue weighted by molar-refractivity contribution is 0.0949. The number of rotatable bonds is 7. The first kappa shape index (κ1) is 20.9. The lowest BCUT2D eigenvalue weighted by atomic mass is 10.1. The number of amides is 1. The zero-order valence-corrected chi connectivity index (χ0v) is 16.6. The van der Waals surface area contributed by atoms with Crippen LogP contribution in [-0.4, -0.2) is 28.7 Å². The third kappa shape index (κ3) is 5.84. The molecule has 0 atom stereocenters. The number of carbonyl (C=O) groups is 1. The van der Waals surface area contributed by atoms with Crippen LogP contribution in [0.5, 0.6) is 5.75 Å². The van der Waals surface area contributed by atoms with Gasteiger partial charge in [-0.2, -0.15) is 10.1 Å². The lowest BCUT2D eigenvalue weighted by Gasteiger charge is -2.08. The van der Waals surface area contributed by atoms with E-state index in [0.717, 1.165) is 11.3 Å². The Labute approximate surface area is 172 Å². The second-order valence-electron chi connectivity index (χ2n) is 6.97. The molecule has 8 heteroatoms. The van der Waals surface area contributed by atoms with Gasteiger partial charge in [0.1, 0.15) is 17.3 Å². The number of nitrogens with one attached hydrogen (secondary N) is 2. The van der Waals surface area contributed by atoms with Crippen LogP contribution in [-0.2, 0) is 0 Å². The Kier molecular flexibility index (Phi) is 6.69. The molecule has 0 saturated heterocycles. The summed E-state index contributed by atoms with van der Waals surface area (Å²) < 4.78 is 18.7. The Morgan fingerprint density at radius 1 is 1.20 bits per heavy atom. The van der Waals surface area contributed by atoms with Gasteiger partial charge in [0.05, 0.1) is 18.5 Å². The molecule has 0 fully saturated rings. The summed E-state index contributed by atoms with van der Waals surface area (Å²) in [4.78, 5) is 30.3. The third-order valence-corrected chi connectivity index (χ3v) is 3.97. The van der Waals surface area contributed by atoms with Crippen LogP contribution < -0.4 is 15.9 Å². The van der Waals surface area contributed by atoms with Crippen LogP contribution in [0.15, 0.2) is 64.5 Å². The van der Waals surface area contributed by atoms with Gasteiger partial charge in [-0.1, -0.05) is 13.8 Å². The summed E-state index contributed by atoms with van der Waals surface area (Å²) in [5.74, 6) is 0.179. The highest BCUT2D eigenvalue weighted by Crippen LogP contribution is 2.16. The van der Waals surface area contributed by atoms with E-state index in [9.17, 15) is 14.0 Å². The molecule has 30 heavy (non-hydrogen) atoms. The first-order chi connectivity index (χ1) is 14.4. The number of hydrogen-bond acceptors (Lipinski definition) is 5. The number of H-pyrrole nitrogens is 1. The molecule has 0 unspecified atom stereocenters. The number of hydrazone groups is 1. The molecule has 0 aliphatic carbocycles. The fourth-order valence-electron chi connectivity index (χ4n) is 2.49. The van der Waals surface area contributed by atoms with E-state index in [-0.39, 0.29) is 11.4 Å². The van der Waals surface area contributed by atoms with E-state index in [2.05, 4.69) is 34.3 Å². The Balaban J connectivity index is 1.66. The average Bonchev–Trinajstić information content (AvgIpc) is 2.73. The minimum atomic E-state index is -0.692. The molecule has 2 aromatic carbocycles. The SMILES string of the molecule is CC(C)COc1ccc(/C=N/NC(=O)c2cc(-c3ccc(F)cc3)nc(=O)[nH]2)cc1. The highest BCUT2D eigenvalue weighted by molar-refractivity contribution is 5.93. The molecule has 0 bridgehead atoms. The van der Waals surface area contributed by atoms with E-state index < -0.39 is 17.4 Å². The van der Waals surface area contributed by atoms with Crippen molar-refractivity contribution in [3.63, 3.8) is 0 Å². The summed E-state index contributed by atoms with van der Waals surface area (Å²) in [5, 5.41) is 3.91. The molecular formula is C22H21FN4O3. The molecule has 1 heterocycles. The summed E-state index contributed by atoms with van der Waals surface area (Å²) >= 11 is 0. The summed E-state index contributed by atoms with van der Waals surface area (Å²) in [6.07, 6.45) is 1.48. The molecule has 154 valence electrons. The Bertz CT molecular complexity index is 1090. The third-order valence-electron chi connectivity index (χ3n) is 3.97. The number of carbonyl (C=O) groups excluding carboxylic acids is 1. The molecule has 7 nitrogen and oxygen atoms in total. The standard InChI is InChI=1S/C22H21FN4O3/c1-14(2)13-30-18-9-3-15(4-10-18)12-24-27-21(28)20-11-19(25-22(29)26-20)16-5-7-17(23)8-6-16/h3-12,14H,13H2,1-2H3,(H,27,28)(H,25,26,29)/b24-12+. The zero-order chi connectivity index (χ0) is 21.5. The largest absolute Gasteiger partial charge is 0.493 e. The lowest BCUT2D eigenvalue weighted by Crippen LogP contribution is -2.24. The summed E-state index contributed by atoms with van der Waals surface area (Å²) in [6.45, 7) is 4.78.